The van der Waals surface area contributed by atoms with E-state index in [0.717, 1.165) is 16.8 Å². The lowest BCUT2D eigenvalue weighted by molar-refractivity contribution is -0.146. The van der Waals surface area contributed by atoms with Crippen molar-refractivity contribution in [3.05, 3.63) is 59.7 Å². The third-order valence-corrected chi connectivity index (χ3v) is 3.32. The van der Waals surface area contributed by atoms with Crippen molar-refractivity contribution >= 4 is 28.5 Å². The third-order valence-electron chi connectivity index (χ3n) is 3.32. The van der Waals surface area contributed by atoms with Crippen molar-refractivity contribution in [1.29, 1.82) is 0 Å². The van der Waals surface area contributed by atoms with E-state index in [1.165, 1.54) is 0 Å². The third kappa shape index (κ3) is 3.87. The molecule has 0 radical (unpaired) electrons. The van der Waals surface area contributed by atoms with E-state index in [0.29, 0.717) is 5.56 Å². The number of carbonyl (C=O) groups is 3. The number of ketones is 1. The first-order valence-corrected chi connectivity index (χ1v) is 7.66. The summed E-state index contributed by atoms with van der Waals surface area (Å²) in [7, 11) is 0. The van der Waals surface area contributed by atoms with Crippen LogP contribution in [0.2, 0.25) is 0 Å². The highest BCUT2D eigenvalue weighted by Crippen LogP contribution is 2.20. The van der Waals surface area contributed by atoms with Crippen LogP contribution in [0.4, 0.5) is 0 Å². The first kappa shape index (κ1) is 17.4. The highest BCUT2D eigenvalue weighted by molar-refractivity contribution is 6.22. The molecule has 0 unspecified atom stereocenters. The van der Waals surface area contributed by atoms with Gasteiger partial charge in [-0.1, -0.05) is 42.5 Å². The Morgan fingerprint density at radius 1 is 0.875 bits per heavy atom. The van der Waals surface area contributed by atoms with Crippen molar-refractivity contribution in [2.75, 3.05) is 13.2 Å². The van der Waals surface area contributed by atoms with Crippen molar-refractivity contribution in [2.45, 2.75) is 13.8 Å². The lowest BCUT2D eigenvalue weighted by Gasteiger charge is -2.07. The Labute approximate surface area is 139 Å². The van der Waals surface area contributed by atoms with Gasteiger partial charge in [0.1, 0.15) is 5.57 Å². The van der Waals surface area contributed by atoms with E-state index < -0.39 is 23.3 Å². The minimum Gasteiger partial charge on any atom is -0.462 e. The van der Waals surface area contributed by atoms with Crippen LogP contribution in [-0.2, 0) is 19.1 Å². The van der Waals surface area contributed by atoms with E-state index in [1.807, 2.05) is 30.3 Å². The number of hydrogen-bond acceptors (Lipinski definition) is 5. The molecule has 0 amide bonds. The summed E-state index contributed by atoms with van der Waals surface area (Å²) in [6, 6.07) is 12.7. The van der Waals surface area contributed by atoms with Gasteiger partial charge < -0.3 is 9.47 Å². The standard InChI is InChI=1S/C19H18O5/c1-3-23-18(21)16(19(22)24-4-2)12-17(20)15-11-7-9-13-8-5-6-10-14(13)15/h5-12H,3-4H2,1-2H3. The number of rotatable bonds is 6. The van der Waals surface area contributed by atoms with Gasteiger partial charge in [0.2, 0.25) is 0 Å². The molecule has 124 valence electrons. The summed E-state index contributed by atoms with van der Waals surface area (Å²) in [6.07, 6.45) is 0.984. The molecule has 0 N–H and O–H groups in total. The molecule has 0 aromatic heterocycles. The van der Waals surface area contributed by atoms with Crippen molar-refractivity contribution in [3.8, 4) is 0 Å². The van der Waals surface area contributed by atoms with Crippen molar-refractivity contribution in [1.82, 2.24) is 0 Å². The zero-order valence-corrected chi connectivity index (χ0v) is 13.6. The summed E-state index contributed by atoms with van der Waals surface area (Å²) in [4.78, 5) is 36.5. The number of ether oxygens (including phenoxy) is 2. The number of esters is 2. The van der Waals surface area contributed by atoms with Crippen molar-refractivity contribution in [3.63, 3.8) is 0 Å². The van der Waals surface area contributed by atoms with E-state index >= 15 is 0 Å². The molecule has 0 heterocycles. The maximum Gasteiger partial charge on any atom is 0.345 e. The van der Waals surface area contributed by atoms with E-state index in [1.54, 1.807) is 26.0 Å². The molecule has 0 aliphatic carbocycles. The van der Waals surface area contributed by atoms with Gasteiger partial charge >= 0.3 is 11.9 Å². The van der Waals surface area contributed by atoms with Gasteiger partial charge in [-0.3, -0.25) is 4.79 Å². The highest BCUT2D eigenvalue weighted by atomic mass is 16.6. The Morgan fingerprint density at radius 2 is 1.46 bits per heavy atom. The summed E-state index contributed by atoms with van der Waals surface area (Å²) in [5, 5.41) is 1.64. The highest BCUT2D eigenvalue weighted by Gasteiger charge is 2.23. The lowest BCUT2D eigenvalue weighted by atomic mass is 10.00. The normalized spacial score (nSPS) is 10.1. The van der Waals surface area contributed by atoms with Gasteiger partial charge in [0.05, 0.1) is 13.2 Å². The Bertz CT molecular complexity index is 779. The molecule has 0 aliphatic rings. The lowest BCUT2D eigenvalue weighted by Crippen LogP contribution is -2.19. The summed E-state index contributed by atoms with van der Waals surface area (Å²) in [6.45, 7) is 3.43. The van der Waals surface area contributed by atoms with E-state index in [4.69, 9.17) is 9.47 Å². The number of fused-ring (bicyclic) bond motifs is 1. The predicted molar refractivity (Wildman–Crippen MR) is 89.6 cm³/mol. The minimum absolute atomic E-state index is 0.0953. The molecular formula is C19H18O5. The van der Waals surface area contributed by atoms with Crippen LogP contribution >= 0.6 is 0 Å². The molecule has 2 rings (SSSR count). The second-order valence-electron chi connectivity index (χ2n) is 4.89. The molecule has 0 fully saturated rings. The van der Waals surface area contributed by atoms with Gasteiger partial charge in [-0.2, -0.15) is 0 Å². The summed E-state index contributed by atoms with van der Waals surface area (Å²) in [5.41, 5.74) is -0.00386. The first-order chi connectivity index (χ1) is 11.6. The topological polar surface area (TPSA) is 69.7 Å². The fourth-order valence-corrected chi connectivity index (χ4v) is 2.27. The van der Waals surface area contributed by atoms with Gasteiger partial charge in [0.15, 0.2) is 5.78 Å². The first-order valence-electron chi connectivity index (χ1n) is 7.66. The molecule has 24 heavy (non-hydrogen) atoms. The second kappa shape index (κ2) is 8.06. The zero-order chi connectivity index (χ0) is 17.5. The molecule has 0 spiro atoms. The number of hydrogen-bond donors (Lipinski definition) is 0. The van der Waals surface area contributed by atoms with Gasteiger partial charge in [-0.05, 0) is 24.6 Å². The second-order valence-corrected chi connectivity index (χ2v) is 4.89. The van der Waals surface area contributed by atoms with E-state index in [2.05, 4.69) is 0 Å². The summed E-state index contributed by atoms with van der Waals surface area (Å²) < 4.78 is 9.67. The Kier molecular flexibility index (Phi) is 5.84. The summed E-state index contributed by atoms with van der Waals surface area (Å²) >= 11 is 0. The smallest absolute Gasteiger partial charge is 0.345 e. The van der Waals surface area contributed by atoms with Crippen LogP contribution in [0.25, 0.3) is 10.8 Å². The Hall–Kier alpha value is -2.95. The average Bonchev–Trinajstić information content (AvgIpc) is 2.59. The molecule has 5 heteroatoms. The number of carbonyl (C=O) groups excluding carboxylic acids is 3. The summed E-state index contributed by atoms with van der Waals surface area (Å²) in [5.74, 6) is -2.20. The largest absolute Gasteiger partial charge is 0.462 e. The van der Waals surface area contributed by atoms with Crippen molar-refractivity contribution in [2.24, 2.45) is 0 Å². The molecule has 2 aromatic rings. The maximum atomic E-state index is 12.6. The fraction of sp³-hybridized carbons (Fsp3) is 0.211. The number of benzene rings is 2. The van der Waals surface area contributed by atoms with Gasteiger partial charge in [-0.25, -0.2) is 9.59 Å². The van der Waals surface area contributed by atoms with Crippen LogP contribution in [0.5, 0.6) is 0 Å². The molecule has 0 saturated carbocycles. The zero-order valence-electron chi connectivity index (χ0n) is 13.6. The Morgan fingerprint density at radius 3 is 2.08 bits per heavy atom. The molecule has 0 atom stereocenters. The van der Waals surface area contributed by atoms with Gasteiger partial charge in [0.25, 0.3) is 0 Å². The molecular weight excluding hydrogens is 308 g/mol. The van der Waals surface area contributed by atoms with Crippen LogP contribution in [0.15, 0.2) is 54.1 Å². The van der Waals surface area contributed by atoms with E-state index in [-0.39, 0.29) is 13.2 Å². The Balaban J connectivity index is 2.45. The van der Waals surface area contributed by atoms with Crippen LogP contribution in [0, 0.1) is 0 Å². The molecule has 5 nitrogen and oxygen atoms in total. The number of allylic oxidation sites excluding steroid dienone is 1. The predicted octanol–water partition coefficient (Wildman–Crippen LogP) is 3.08. The quantitative estimate of drug-likeness (QED) is 0.268. The maximum absolute atomic E-state index is 12.6. The molecule has 0 aliphatic heterocycles. The van der Waals surface area contributed by atoms with Crippen LogP contribution < -0.4 is 0 Å². The van der Waals surface area contributed by atoms with Crippen LogP contribution in [0.1, 0.15) is 24.2 Å². The van der Waals surface area contributed by atoms with E-state index in [9.17, 15) is 14.4 Å². The molecule has 0 saturated heterocycles. The minimum atomic E-state index is -0.871. The SMILES string of the molecule is CCOC(=O)C(=CC(=O)c1cccc2ccccc12)C(=O)OCC. The van der Waals surface area contributed by atoms with Crippen LogP contribution in [0.3, 0.4) is 0 Å². The van der Waals surface area contributed by atoms with Gasteiger partial charge in [0, 0.05) is 11.6 Å². The molecule has 2 aromatic carbocycles. The molecule has 0 bridgehead atoms. The van der Waals surface area contributed by atoms with Crippen LogP contribution in [-0.4, -0.2) is 30.9 Å². The average molecular weight is 326 g/mol. The van der Waals surface area contributed by atoms with Gasteiger partial charge in [-0.15, -0.1) is 0 Å². The monoisotopic (exact) mass is 326 g/mol. The fourth-order valence-electron chi connectivity index (χ4n) is 2.27. The van der Waals surface area contributed by atoms with Crippen molar-refractivity contribution < 1.29 is 23.9 Å².